The summed E-state index contributed by atoms with van der Waals surface area (Å²) in [5.74, 6) is 0.685. The summed E-state index contributed by atoms with van der Waals surface area (Å²) >= 11 is 0. The van der Waals surface area contributed by atoms with Gasteiger partial charge in [0.1, 0.15) is 0 Å². The predicted octanol–water partition coefficient (Wildman–Crippen LogP) is 1.08. The van der Waals surface area contributed by atoms with E-state index in [4.69, 9.17) is 10.3 Å². The second kappa shape index (κ2) is 4.18. The van der Waals surface area contributed by atoms with E-state index in [9.17, 15) is 0 Å². The van der Waals surface area contributed by atoms with Gasteiger partial charge in [-0.2, -0.15) is 4.98 Å². The summed E-state index contributed by atoms with van der Waals surface area (Å²) in [5.41, 5.74) is 5.87. The van der Waals surface area contributed by atoms with Gasteiger partial charge in [0.15, 0.2) is 5.82 Å². The monoisotopic (exact) mass is 210 g/mol. The maximum Gasteiger partial charge on any atom is 0.324 e. The maximum atomic E-state index is 5.87. The van der Waals surface area contributed by atoms with Gasteiger partial charge in [-0.15, -0.1) is 0 Å². The van der Waals surface area contributed by atoms with Gasteiger partial charge >= 0.3 is 6.01 Å². The van der Waals surface area contributed by atoms with Gasteiger partial charge in [-0.1, -0.05) is 5.16 Å². The number of nitrogens with zero attached hydrogens (tertiary/aromatic N) is 3. The summed E-state index contributed by atoms with van der Waals surface area (Å²) in [7, 11) is 2.01. The van der Waals surface area contributed by atoms with E-state index in [0.717, 1.165) is 25.7 Å². The standard InChI is InChI=1S/C10H18N4O/c1-7-12-10(15-13-7)14(2)9-5-3-8(11)4-6-9/h8-9H,3-6,11H2,1-2H3. The van der Waals surface area contributed by atoms with Crippen molar-refractivity contribution in [3.63, 3.8) is 0 Å². The fourth-order valence-electron chi connectivity index (χ4n) is 2.07. The highest BCUT2D eigenvalue weighted by molar-refractivity contribution is 5.25. The van der Waals surface area contributed by atoms with Gasteiger partial charge in [0, 0.05) is 19.1 Å². The Balaban J connectivity index is 1.99. The van der Waals surface area contributed by atoms with Crippen molar-refractivity contribution in [2.75, 3.05) is 11.9 Å². The fraction of sp³-hybridized carbons (Fsp3) is 0.800. The molecule has 2 rings (SSSR count). The highest BCUT2D eigenvalue weighted by Gasteiger charge is 2.24. The molecule has 1 aromatic heterocycles. The molecule has 1 heterocycles. The number of aryl methyl sites for hydroxylation is 1. The van der Waals surface area contributed by atoms with Crippen LogP contribution in [0, 0.1) is 6.92 Å². The van der Waals surface area contributed by atoms with Crippen LogP contribution in [0.3, 0.4) is 0 Å². The van der Waals surface area contributed by atoms with Crippen LogP contribution in [0.25, 0.3) is 0 Å². The van der Waals surface area contributed by atoms with E-state index < -0.39 is 0 Å². The van der Waals surface area contributed by atoms with Crippen LogP contribution in [0.15, 0.2) is 4.52 Å². The van der Waals surface area contributed by atoms with Crippen molar-refractivity contribution in [1.82, 2.24) is 10.1 Å². The molecule has 0 spiro atoms. The smallest absolute Gasteiger partial charge is 0.324 e. The number of hydrogen-bond acceptors (Lipinski definition) is 5. The second-order valence-electron chi connectivity index (χ2n) is 4.30. The Bertz CT molecular complexity index is 317. The summed E-state index contributed by atoms with van der Waals surface area (Å²) in [4.78, 5) is 6.30. The average Bonchev–Trinajstić information content (AvgIpc) is 2.65. The minimum absolute atomic E-state index is 0.374. The maximum absolute atomic E-state index is 5.87. The molecule has 1 aromatic rings. The molecule has 1 saturated carbocycles. The van der Waals surface area contributed by atoms with E-state index in [1.54, 1.807) is 0 Å². The van der Waals surface area contributed by atoms with Crippen LogP contribution in [0.5, 0.6) is 0 Å². The lowest BCUT2D eigenvalue weighted by Gasteiger charge is -2.32. The first-order chi connectivity index (χ1) is 7.16. The van der Waals surface area contributed by atoms with Gasteiger partial charge in [-0.25, -0.2) is 0 Å². The van der Waals surface area contributed by atoms with Crippen LogP contribution in [0.1, 0.15) is 31.5 Å². The summed E-state index contributed by atoms with van der Waals surface area (Å²) in [6.07, 6.45) is 4.39. The number of anilines is 1. The van der Waals surface area contributed by atoms with E-state index in [1.165, 1.54) is 0 Å². The van der Waals surface area contributed by atoms with Crippen molar-refractivity contribution in [2.45, 2.75) is 44.7 Å². The zero-order valence-corrected chi connectivity index (χ0v) is 9.31. The number of rotatable bonds is 2. The van der Waals surface area contributed by atoms with Gasteiger partial charge in [0.25, 0.3) is 0 Å². The van der Waals surface area contributed by atoms with Crippen molar-refractivity contribution < 1.29 is 4.52 Å². The zero-order chi connectivity index (χ0) is 10.8. The number of hydrogen-bond donors (Lipinski definition) is 1. The Morgan fingerprint density at radius 1 is 1.33 bits per heavy atom. The van der Waals surface area contributed by atoms with Crippen LogP contribution in [-0.2, 0) is 0 Å². The van der Waals surface area contributed by atoms with Crippen molar-refractivity contribution in [2.24, 2.45) is 5.73 Å². The highest BCUT2D eigenvalue weighted by atomic mass is 16.5. The Morgan fingerprint density at radius 3 is 2.53 bits per heavy atom. The Hall–Kier alpha value is -1.10. The molecule has 84 valence electrons. The lowest BCUT2D eigenvalue weighted by Crippen LogP contribution is -2.38. The molecular weight excluding hydrogens is 192 g/mol. The van der Waals surface area contributed by atoms with E-state index in [0.29, 0.717) is 23.9 Å². The molecule has 0 bridgehead atoms. The van der Waals surface area contributed by atoms with E-state index >= 15 is 0 Å². The summed E-state index contributed by atoms with van der Waals surface area (Å²) in [6.45, 7) is 1.83. The third kappa shape index (κ3) is 2.28. The molecule has 0 amide bonds. The van der Waals surface area contributed by atoms with Crippen LogP contribution >= 0.6 is 0 Å². The molecule has 1 aliphatic carbocycles. The normalized spacial score (nSPS) is 26.6. The second-order valence-corrected chi connectivity index (χ2v) is 4.30. The van der Waals surface area contributed by atoms with Crippen molar-refractivity contribution in [1.29, 1.82) is 0 Å². The molecule has 0 radical (unpaired) electrons. The topological polar surface area (TPSA) is 68.2 Å². The number of nitrogens with two attached hydrogens (primary N) is 1. The van der Waals surface area contributed by atoms with Gasteiger partial charge in [-0.05, 0) is 32.6 Å². The van der Waals surface area contributed by atoms with Crippen molar-refractivity contribution in [3.05, 3.63) is 5.82 Å². The molecule has 1 aliphatic rings. The largest absolute Gasteiger partial charge is 0.328 e. The third-order valence-electron chi connectivity index (χ3n) is 3.11. The first-order valence-electron chi connectivity index (χ1n) is 5.45. The lowest BCUT2D eigenvalue weighted by molar-refractivity contribution is 0.352. The summed E-state index contributed by atoms with van der Waals surface area (Å²) in [6, 6.07) is 1.48. The van der Waals surface area contributed by atoms with Gasteiger partial charge in [0.05, 0.1) is 0 Å². The fourth-order valence-corrected chi connectivity index (χ4v) is 2.07. The number of aromatic nitrogens is 2. The molecule has 15 heavy (non-hydrogen) atoms. The molecule has 0 saturated heterocycles. The molecule has 5 nitrogen and oxygen atoms in total. The SMILES string of the molecule is Cc1noc(N(C)C2CCC(N)CC2)n1. The lowest BCUT2D eigenvalue weighted by atomic mass is 9.91. The van der Waals surface area contributed by atoms with Gasteiger partial charge in [0.2, 0.25) is 0 Å². The third-order valence-corrected chi connectivity index (χ3v) is 3.11. The predicted molar refractivity (Wildman–Crippen MR) is 57.7 cm³/mol. The first kappa shape index (κ1) is 10.4. The van der Waals surface area contributed by atoms with Crippen LogP contribution in [0.2, 0.25) is 0 Å². The summed E-state index contributed by atoms with van der Waals surface area (Å²) < 4.78 is 5.14. The average molecular weight is 210 g/mol. The minimum atomic E-state index is 0.374. The molecule has 1 fully saturated rings. The van der Waals surface area contributed by atoms with E-state index in [1.807, 2.05) is 14.0 Å². The Labute approximate surface area is 89.6 Å². The molecule has 0 atom stereocenters. The zero-order valence-electron chi connectivity index (χ0n) is 9.31. The summed E-state index contributed by atoms with van der Waals surface area (Å²) in [5, 5.41) is 3.80. The molecule has 2 N–H and O–H groups in total. The van der Waals surface area contributed by atoms with Gasteiger partial charge < -0.3 is 15.2 Å². The molecule has 0 aliphatic heterocycles. The molecule has 5 heteroatoms. The van der Waals surface area contributed by atoms with Crippen LogP contribution in [0.4, 0.5) is 6.01 Å². The first-order valence-corrected chi connectivity index (χ1v) is 5.45. The Kier molecular flexibility index (Phi) is 2.90. The molecular formula is C10H18N4O. The molecule has 0 unspecified atom stereocenters. The van der Waals surface area contributed by atoms with Crippen molar-refractivity contribution >= 4 is 6.01 Å². The van der Waals surface area contributed by atoms with E-state index in [2.05, 4.69) is 15.0 Å². The van der Waals surface area contributed by atoms with Crippen LogP contribution < -0.4 is 10.6 Å². The molecule has 0 aromatic carbocycles. The Morgan fingerprint density at radius 2 is 2.00 bits per heavy atom. The van der Waals surface area contributed by atoms with E-state index in [-0.39, 0.29) is 0 Å². The highest BCUT2D eigenvalue weighted by Crippen LogP contribution is 2.24. The van der Waals surface area contributed by atoms with Crippen LogP contribution in [-0.4, -0.2) is 29.3 Å². The quantitative estimate of drug-likeness (QED) is 0.791. The van der Waals surface area contributed by atoms with Crippen molar-refractivity contribution in [3.8, 4) is 0 Å². The minimum Gasteiger partial charge on any atom is -0.328 e. The van der Waals surface area contributed by atoms with Gasteiger partial charge in [-0.3, -0.25) is 0 Å².